The van der Waals surface area contributed by atoms with E-state index >= 15 is 0 Å². The summed E-state index contributed by atoms with van der Waals surface area (Å²) in [5.74, 6) is -0.444. The van der Waals surface area contributed by atoms with Gasteiger partial charge in [0.1, 0.15) is 0 Å². The SMILES string of the molecule is CN(CCN1C(=O)c2ccccc2C1=O)c1cccc(Cl)c1. The van der Waals surface area contributed by atoms with Crippen LogP contribution < -0.4 is 4.90 Å². The van der Waals surface area contributed by atoms with Gasteiger partial charge in [0, 0.05) is 30.8 Å². The van der Waals surface area contributed by atoms with Crippen molar-refractivity contribution in [3.05, 3.63) is 64.7 Å². The molecule has 0 saturated heterocycles. The van der Waals surface area contributed by atoms with Gasteiger partial charge in [0.15, 0.2) is 0 Å². The van der Waals surface area contributed by atoms with Crippen LogP contribution in [0.1, 0.15) is 20.7 Å². The molecule has 1 aliphatic rings. The minimum atomic E-state index is -0.222. The van der Waals surface area contributed by atoms with Crippen molar-refractivity contribution in [3.8, 4) is 0 Å². The summed E-state index contributed by atoms with van der Waals surface area (Å²) in [4.78, 5) is 27.8. The molecule has 1 heterocycles. The molecule has 0 spiro atoms. The maximum atomic E-state index is 12.3. The van der Waals surface area contributed by atoms with Crippen molar-refractivity contribution in [1.82, 2.24) is 4.90 Å². The number of amides is 2. The molecule has 0 N–H and O–H groups in total. The highest BCUT2D eigenvalue weighted by atomic mass is 35.5. The number of halogens is 1. The molecule has 0 aliphatic carbocycles. The van der Waals surface area contributed by atoms with Crippen molar-refractivity contribution in [3.63, 3.8) is 0 Å². The molecule has 0 bridgehead atoms. The smallest absolute Gasteiger partial charge is 0.261 e. The third-order valence-corrected chi connectivity index (χ3v) is 4.02. The van der Waals surface area contributed by atoms with Crippen molar-refractivity contribution in [1.29, 1.82) is 0 Å². The number of benzene rings is 2. The molecule has 3 rings (SSSR count). The Labute approximate surface area is 133 Å². The number of carbonyl (C=O) groups is 2. The lowest BCUT2D eigenvalue weighted by atomic mass is 10.1. The van der Waals surface area contributed by atoms with E-state index in [0.717, 1.165) is 5.69 Å². The Morgan fingerprint density at radius 2 is 1.64 bits per heavy atom. The number of hydrogen-bond donors (Lipinski definition) is 0. The molecule has 2 amide bonds. The molecule has 0 atom stereocenters. The molecule has 22 heavy (non-hydrogen) atoms. The highest BCUT2D eigenvalue weighted by Gasteiger charge is 2.34. The average Bonchev–Trinajstić information content (AvgIpc) is 2.77. The van der Waals surface area contributed by atoms with Gasteiger partial charge in [0.25, 0.3) is 11.8 Å². The molecule has 0 unspecified atom stereocenters. The third-order valence-electron chi connectivity index (χ3n) is 3.79. The van der Waals surface area contributed by atoms with Crippen LogP contribution >= 0.6 is 11.6 Å². The van der Waals surface area contributed by atoms with Crippen LogP contribution in [0.3, 0.4) is 0 Å². The minimum Gasteiger partial charge on any atom is -0.373 e. The fraction of sp³-hybridized carbons (Fsp3) is 0.176. The molecular formula is C17H15ClN2O2. The minimum absolute atomic E-state index is 0.222. The largest absolute Gasteiger partial charge is 0.373 e. The second kappa shape index (κ2) is 5.81. The van der Waals surface area contributed by atoms with Gasteiger partial charge in [0.2, 0.25) is 0 Å². The molecule has 1 aliphatic heterocycles. The van der Waals surface area contributed by atoms with Crippen molar-refractivity contribution in [2.45, 2.75) is 0 Å². The van der Waals surface area contributed by atoms with E-state index in [9.17, 15) is 9.59 Å². The van der Waals surface area contributed by atoms with Gasteiger partial charge in [-0.2, -0.15) is 0 Å². The average molecular weight is 315 g/mol. The van der Waals surface area contributed by atoms with Crippen LogP contribution in [-0.4, -0.2) is 36.9 Å². The Balaban J connectivity index is 1.70. The van der Waals surface area contributed by atoms with E-state index in [4.69, 9.17) is 11.6 Å². The van der Waals surface area contributed by atoms with Gasteiger partial charge in [0.05, 0.1) is 11.1 Å². The molecule has 112 valence electrons. The number of hydrogen-bond acceptors (Lipinski definition) is 3. The first-order valence-corrected chi connectivity index (χ1v) is 7.37. The van der Waals surface area contributed by atoms with Crippen LogP contribution in [0.5, 0.6) is 0 Å². The first kappa shape index (κ1) is 14.6. The van der Waals surface area contributed by atoms with Crippen LogP contribution in [0.15, 0.2) is 48.5 Å². The maximum Gasteiger partial charge on any atom is 0.261 e. The van der Waals surface area contributed by atoms with Crippen molar-refractivity contribution >= 4 is 29.1 Å². The van der Waals surface area contributed by atoms with E-state index < -0.39 is 0 Å². The number of rotatable bonds is 4. The van der Waals surface area contributed by atoms with E-state index in [0.29, 0.717) is 29.2 Å². The lowest BCUT2D eigenvalue weighted by molar-refractivity contribution is 0.0658. The zero-order valence-electron chi connectivity index (χ0n) is 12.1. The van der Waals surface area contributed by atoms with Crippen molar-refractivity contribution in [2.75, 3.05) is 25.0 Å². The summed E-state index contributed by atoms with van der Waals surface area (Å²) in [6, 6.07) is 14.4. The normalized spacial score (nSPS) is 13.5. The summed E-state index contributed by atoms with van der Waals surface area (Å²) in [6.45, 7) is 0.890. The molecule has 0 aromatic heterocycles. The monoisotopic (exact) mass is 314 g/mol. The fourth-order valence-corrected chi connectivity index (χ4v) is 2.72. The summed E-state index contributed by atoms with van der Waals surface area (Å²) < 4.78 is 0. The molecule has 0 saturated carbocycles. The zero-order chi connectivity index (χ0) is 15.7. The maximum absolute atomic E-state index is 12.3. The Bertz CT molecular complexity index is 710. The molecular weight excluding hydrogens is 300 g/mol. The standard InChI is InChI=1S/C17H15ClN2O2/c1-19(13-6-4-5-12(18)11-13)9-10-20-16(21)14-7-2-3-8-15(14)17(20)22/h2-8,11H,9-10H2,1H3. The fourth-order valence-electron chi connectivity index (χ4n) is 2.53. The Morgan fingerprint density at radius 1 is 1.00 bits per heavy atom. The van der Waals surface area contributed by atoms with Crippen LogP contribution in [0, 0.1) is 0 Å². The highest BCUT2D eigenvalue weighted by molar-refractivity contribution is 6.30. The lowest BCUT2D eigenvalue weighted by Gasteiger charge is -2.22. The zero-order valence-corrected chi connectivity index (χ0v) is 12.9. The number of fused-ring (bicyclic) bond motifs is 1. The Kier molecular flexibility index (Phi) is 3.86. The van der Waals surface area contributed by atoms with Gasteiger partial charge in [-0.25, -0.2) is 0 Å². The van der Waals surface area contributed by atoms with E-state index in [1.54, 1.807) is 24.3 Å². The summed E-state index contributed by atoms with van der Waals surface area (Å²) >= 11 is 5.98. The Hall–Kier alpha value is -2.33. The molecule has 5 heteroatoms. The van der Waals surface area contributed by atoms with Crippen LogP contribution in [-0.2, 0) is 0 Å². The van der Waals surface area contributed by atoms with E-state index in [2.05, 4.69) is 0 Å². The third kappa shape index (κ3) is 2.57. The summed E-state index contributed by atoms with van der Waals surface area (Å²) in [5.41, 5.74) is 1.92. The first-order chi connectivity index (χ1) is 10.6. The van der Waals surface area contributed by atoms with Crippen LogP contribution in [0.2, 0.25) is 5.02 Å². The van der Waals surface area contributed by atoms with Crippen molar-refractivity contribution < 1.29 is 9.59 Å². The quantitative estimate of drug-likeness (QED) is 0.814. The highest BCUT2D eigenvalue weighted by Crippen LogP contribution is 2.23. The van der Waals surface area contributed by atoms with Gasteiger partial charge < -0.3 is 4.90 Å². The van der Waals surface area contributed by atoms with E-state index in [1.165, 1.54) is 4.90 Å². The lowest BCUT2D eigenvalue weighted by Crippen LogP contribution is -2.37. The topological polar surface area (TPSA) is 40.6 Å². The first-order valence-electron chi connectivity index (χ1n) is 7.00. The van der Waals surface area contributed by atoms with E-state index in [1.807, 2.05) is 36.2 Å². The number of likely N-dealkylation sites (N-methyl/N-ethyl adjacent to an activating group) is 1. The van der Waals surface area contributed by atoms with Gasteiger partial charge in [-0.15, -0.1) is 0 Å². The second-order valence-electron chi connectivity index (χ2n) is 5.21. The summed E-state index contributed by atoms with van der Waals surface area (Å²) in [7, 11) is 1.91. The number of nitrogens with zero attached hydrogens (tertiary/aromatic N) is 2. The number of carbonyl (C=O) groups excluding carboxylic acids is 2. The molecule has 4 nitrogen and oxygen atoms in total. The predicted molar refractivity (Wildman–Crippen MR) is 86.5 cm³/mol. The van der Waals surface area contributed by atoms with Gasteiger partial charge >= 0.3 is 0 Å². The van der Waals surface area contributed by atoms with Gasteiger partial charge in [-0.1, -0.05) is 29.8 Å². The number of anilines is 1. The summed E-state index contributed by atoms with van der Waals surface area (Å²) in [5, 5.41) is 0.657. The molecule has 2 aromatic carbocycles. The molecule has 0 radical (unpaired) electrons. The summed E-state index contributed by atoms with van der Waals surface area (Å²) in [6.07, 6.45) is 0. The number of imide groups is 1. The molecule has 0 fully saturated rings. The van der Waals surface area contributed by atoms with Crippen LogP contribution in [0.4, 0.5) is 5.69 Å². The van der Waals surface area contributed by atoms with Gasteiger partial charge in [-0.3, -0.25) is 14.5 Å². The predicted octanol–water partition coefficient (Wildman–Crippen LogP) is 3.07. The van der Waals surface area contributed by atoms with Gasteiger partial charge in [-0.05, 0) is 30.3 Å². The second-order valence-corrected chi connectivity index (χ2v) is 5.65. The van der Waals surface area contributed by atoms with Crippen LogP contribution in [0.25, 0.3) is 0 Å². The molecule has 2 aromatic rings. The Morgan fingerprint density at radius 3 is 2.23 bits per heavy atom. The van der Waals surface area contributed by atoms with E-state index in [-0.39, 0.29) is 11.8 Å². The van der Waals surface area contributed by atoms with Crippen molar-refractivity contribution in [2.24, 2.45) is 0 Å².